The van der Waals surface area contributed by atoms with Crippen molar-refractivity contribution in [2.75, 3.05) is 0 Å². The Labute approximate surface area is 832 Å². The van der Waals surface area contributed by atoms with Crippen molar-refractivity contribution in [3.63, 3.8) is 0 Å². The molecule has 8 aromatic heterocycles. The van der Waals surface area contributed by atoms with E-state index < -0.39 is 0 Å². The molecule has 0 aliphatic heterocycles. The Balaban J connectivity index is 0.0000000998. The van der Waals surface area contributed by atoms with Crippen molar-refractivity contribution in [1.82, 2.24) is 29.9 Å². The summed E-state index contributed by atoms with van der Waals surface area (Å²) < 4.78 is 12.4. The van der Waals surface area contributed by atoms with Gasteiger partial charge < -0.3 is 8.83 Å². The Morgan fingerprint density at radius 2 is 0.568 bits per heavy atom. The first-order valence-corrected chi connectivity index (χ1v) is 49.8. The second-order valence-corrected chi connectivity index (χ2v) is 38.8. The van der Waals surface area contributed by atoms with Crippen LogP contribution in [-0.2, 0) is 0 Å². The predicted octanol–water partition coefficient (Wildman–Crippen LogP) is 37.8. The van der Waals surface area contributed by atoms with Gasteiger partial charge in [-0.15, -0.1) is 0 Å². The molecule has 0 spiro atoms. The molecule has 0 aliphatic carbocycles. The molecule has 0 unspecified atom stereocenters. The van der Waals surface area contributed by atoms with E-state index in [4.69, 9.17) is 38.7 Å². The minimum atomic E-state index is 0.737. The molecule has 0 radical (unpaired) electrons. The number of benzene rings is 24. The van der Waals surface area contributed by atoms with Crippen LogP contribution in [0.2, 0.25) is 0 Å². The summed E-state index contributed by atoms with van der Waals surface area (Å²) >= 11 is 0. The highest BCUT2D eigenvalue weighted by atomic mass is 16.3. The van der Waals surface area contributed by atoms with Gasteiger partial charge in [-0.3, -0.25) is 4.98 Å². The molecule has 0 fully saturated rings. The molecule has 0 saturated heterocycles. The largest absolute Gasteiger partial charge is 0.456 e. The van der Waals surface area contributed by atoms with Gasteiger partial charge in [-0.1, -0.05) is 364 Å². The van der Waals surface area contributed by atoms with E-state index in [2.05, 4.69) is 425 Å². The summed E-state index contributed by atoms with van der Waals surface area (Å²) in [5, 5.41) is 48.4. The highest BCUT2D eigenvalue weighted by Crippen LogP contribution is 2.49. The first kappa shape index (κ1) is 81.3. The maximum absolute atomic E-state index is 6.25. The fourth-order valence-corrected chi connectivity index (χ4v) is 24.1. The van der Waals surface area contributed by atoms with Crippen LogP contribution in [0.5, 0.6) is 0 Å². The maximum Gasteiger partial charge on any atom is 0.161 e. The molecule has 8 nitrogen and oxygen atoms in total. The van der Waals surface area contributed by atoms with Crippen LogP contribution in [0.25, 0.3) is 327 Å². The lowest BCUT2D eigenvalue weighted by Crippen LogP contribution is -1.96. The zero-order valence-corrected chi connectivity index (χ0v) is 78.5. The molecular formula is C138H78N6O2. The average molecular weight is 1850 g/mol. The third kappa shape index (κ3) is 12.6. The van der Waals surface area contributed by atoms with Crippen LogP contribution >= 0.6 is 0 Å². The summed E-state index contributed by atoms with van der Waals surface area (Å²) in [4.78, 5) is 32.4. The highest BCUT2D eigenvalue weighted by Gasteiger charge is 2.24. The molecule has 0 saturated carbocycles. The van der Waals surface area contributed by atoms with Gasteiger partial charge in [0.25, 0.3) is 0 Å². The molecule has 16 bridgehead atoms. The topological polar surface area (TPSA) is 104 Å². The van der Waals surface area contributed by atoms with E-state index in [9.17, 15) is 0 Å². The average Bonchev–Trinajstić information content (AvgIpc) is 0.782. The Morgan fingerprint density at radius 3 is 1.21 bits per heavy atom. The minimum absolute atomic E-state index is 0.737. The first-order valence-electron chi connectivity index (χ1n) is 49.8. The summed E-state index contributed by atoms with van der Waals surface area (Å²) in [5.41, 5.74) is 17.9. The van der Waals surface area contributed by atoms with Crippen molar-refractivity contribution in [1.29, 1.82) is 0 Å². The van der Waals surface area contributed by atoms with Crippen LogP contribution < -0.4 is 0 Å². The zero-order valence-electron chi connectivity index (χ0n) is 78.5. The number of para-hydroxylation sites is 2. The fourth-order valence-electron chi connectivity index (χ4n) is 24.1. The Bertz CT molecular complexity index is 11600. The van der Waals surface area contributed by atoms with Gasteiger partial charge in [0.1, 0.15) is 22.3 Å². The number of rotatable bonds is 4. The molecule has 33 rings (SSSR count). The Kier molecular flexibility index (Phi) is 17.8. The van der Waals surface area contributed by atoms with Gasteiger partial charge in [-0.05, 0) is 265 Å². The smallest absolute Gasteiger partial charge is 0.161 e. The zero-order chi connectivity index (χ0) is 95.5. The van der Waals surface area contributed by atoms with E-state index in [1.807, 2.05) is 48.7 Å². The second kappa shape index (κ2) is 32.0. The monoisotopic (exact) mass is 1850 g/mol. The summed E-state index contributed by atoms with van der Waals surface area (Å²) in [6, 6.07) is 168. The lowest BCUT2D eigenvalue weighted by atomic mass is 9.89. The summed E-state index contributed by atoms with van der Waals surface area (Å²) in [5.74, 6) is 0. The van der Waals surface area contributed by atoms with Crippen molar-refractivity contribution < 1.29 is 8.83 Å². The summed E-state index contributed by atoms with van der Waals surface area (Å²) in [7, 11) is 0. The lowest BCUT2D eigenvalue weighted by molar-refractivity contribution is 0.668. The molecule has 0 atom stereocenters. The number of pyridine rings is 2. The van der Waals surface area contributed by atoms with Crippen LogP contribution in [0.4, 0.5) is 0 Å². The normalized spacial score (nSPS) is 12.1. The third-order valence-corrected chi connectivity index (χ3v) is 30.8. The van der Waals surface area contributed by atoms with Gasteiger partial charge in [0.2, 0.25) is 0 Å². The number of furan rings is 2. The van der Waals surface area contributed by atoms with E-state index in [1.165, 1.54) is 140 Å². The number of hydrogen-bond donors (Lipinski definition) is 0. The lowest BCUT2D eigenvalue weighted by Gasteiger charge is -2.15. The molecule has 0 N–H and O–H groups in total. The van der Waals surface area contributed by atoms with Gasteiger partial charge in [-0.25, -0.2) is 24.9 Å². The number of aromatic nitrogens is 6. The summed E-state index contributed by atoms with van der Waals surface area (Å²) in [6.07, 6.45) is 2.02. The molecule has 0 amide bonds. The molecular weight excluding hydrogens is 1770 g/mol. The van der Waals surface area contributed by atoms with Gasteiger partial charge in [0.15, 0.2) is 5.65 Å². The highest BCUT2D eigenvalue weighted by molar-refractivity contribution is 6.37. The Morgan fingerprint density at radius 1 is 0.151 bits per heavy atom. The fraction of sp³-hybridized carbons (Fsp3) is 0. The number of nitrogens with zero attached hydrogens (tertiary/aromatic N) is 6. The van der Waals surface area contributed by atoms with Crippen LogP contribution in [0.3, 0.4) is 0 Å². The predicted molar refractivity (Wildman–Crippen MR) is 616 cm³/mol. The van der Waals surface area contributed by atoms with Crippen molar-refractivity contribution >= 4 is 282 Å². The number of hydrogen-bond acceptors (Lipinski definition) is 8. The van der Waals surface area contributed by atoms with E-state index >= 15 is 0 Å². The van der Waals surface area contributed by atoms with Gasteiger partial charge >= 0.3 is 0 Å². The van der Waals surface area contributed by atoms with Crippen molar-refractivity contribution in [2.45, 2.75) is 0 Å². The molecule has 672 valence electrons. The van der Waals surface area contributed by atoms with Gasteiger partial charge in [0.05, 0.1) is 50.2 Å². The molecule has 25 aromatic carbocycles. The van der Waals surface area contributed by atoms with E-state index in [0.717, 1.165) is 187 Å². The van der Waals surface area contributed by atoms with E-state index in [1.54, 1.807) is 0 Å². The van der Waals surface area contributed by atoms with E-state index in [0.29, 0.717) is 0 Å². The van der Waals surface area contributed by atoms with Crippen LogP contribution in [0.15, 0.2) is 482 Å². The minimum Gasteiger partial charge on any atom is -0.456 e. The molecule has 8 heteroatoms. The second-order valence-electron chi connectivity index (χ2n) is 38.8. The molecule has 33 aromatic rings. The van der Waals surface area contributed by atoms with Gasteiger partial charge in [0, 0.05) is 92.9 Å². The van der Waals surface area contributed by atoms with Crippen molar-refractivity contribution in [2.24, 2.45) is 0 Å². The molecule has 8 heterocycles. The van der Waals surface area contributed by atoms with Gasteiger partial charge in [-0.2, -0.15) is 0 Å². The SMILES string of the molecule is c1cc2cc(c1)c1ccc3c4ccccc4c4cccc(c5cc6cnc(-c7ccc8oc9ccccc9c8c7)cc6c(n5)c5cccc2c5)c4c3c1.c1ccc(-c2nc3cc4cc(c5ccccc5c5ccc6c7ccccc7c7cccc4c7c6c5)c3nc2-c2ccccc2)cc1.c1ccc2c(c1)oc1cccc(-c3ccc4c(c3)nc3nc4c4ccccc4c4ccc5c6ccccc6c6cccc3c6c5c4)c12. The standard InChI is InChI=1S/C50H28N2O.C44H24N2O.C44H26N2/c1-2-13-37-36(12-1)38-20-18-32-24-44(38)49-40(37)15-7-16-41(49)46-26-35-28-51-45(33-19-21-48-43(25-33)39-14-3-4-17-47(39)53-48)27-42(35)50(52-46)34-11-6-10-31(23-34)29-8-5-9-30(32)22-29;1-4-12-33-27(9-1)25-19-21-31-29-10-2-3-11-30(29)32-15-7-16-36(41(32)37(31)23-25)44-45-38-24-26(20-22-34(38)43(33)46-44)28-14-8-18-40-42(28)35-13-5-6-17-39(35)47-40;1-3-12-27(13-4-1)42-43(28-14-5-2-6-15-28)46-44-39-25-30(26-40(44)45-42)32-20-11-21-37-35-19-10-9-18-34(35)36-23-22-29(24-38(36)41(32)37)31-16-7-8-17-33(31)39/h1-28H;1-24H;1-26H. The van der Waals surface area contributed by atoms with Crippen molar-refractivity contribution in [3.8, 4) is 44.9 Å². The quantitative estimate of drug-likeness (QED) is 0.161. The molecule has 146 heavy (non-hydrogen) atoms. The summed E-state index contributed by atoms with van der Waals surface area (Å²) in [6.45, 7) is 0. The Hall–Kier alpha value is -19.5. The maximum atomic E-state index is 6.25. The first-order chi connectivity index (χ1) is 72.3. The van der Waals surface area contributed by atoms with Crippen molar-refractivity contribution in [3.05, 3.63) is 473 Å². The van der Waals surface area contributed by atoms with Crippen LogP contribution in [0.1, 0.15) is 0 Å². The van der Waals surface area contributed by atoms with E-state index in [-0.39, 0.29) is 0 Å². The van der Waals surface area contributed by atoms with Crippen LogP contribution in [0, 0.1) is 0 Å². The van der Waals surface area contributed by atoms with Crippen LogP contribution in [-0.4, -0.2) is 29.9 Å². The number of fused-ring (bicyclic) bond motifs is 46. The third-order valence-electron chi connectivity index (χ3n) is 30.8. The molecule has 0 aliphatic rings.